The number of piperidine rings is 1. The van der Waals surface area contributed by atoms with Crippen LogP contribution in [0.4, 0.5) is 13.2 Å². The van der Waals surface area contributed by atoms with Gasteiger partial charge in [0, 0.05) is 50.1 Å². The smallest absolute Gasteiger partial charge is 0.433 e. The number of carbonyl (C=O) groups is 1. The van der Waals surface area contributed by atoms with Crippen molar-refractivity contribution >= 4 is 6.29 Å². The van der Waals surface area contributed by atoms with Gasteiger partial charge in [0.15, 0.2) is 6.29 Å². The Morgan fingerprint density at radius 3 is 2.51 bits per heavy atom. The number of hydrogen-bond acceptors (Lipinski definition) is 6. The number of rotatable bonds is 7. The molecule has 0 saturated carbocycles. The Hall–Kier alpha value is -2.49. The van der Waals surface area contributed by atoms with Crippen LogP contribution >= 0.6 is 0 Å². The van der Waals surface area contributed by atoms with E-state index >= 15 is 0 Å². The lowest BCUT2D eigenvalue weighted by Gasteiger charge is -2.48. The van der Waals surface area contributed by atoms with Gasteiger partial charge < -0.3 is 14.4 Å². The highest BCUT2D eigenvalue weighted by Crippen LogP contribution is 2.39. The Kier molecular flexibility index (Phi) is 10.5. The number of hydrogen-bond donors (Lipinski definition) is 0. The molecule has 0 radical (unpaired) electrons. The van der Waals surface area contributed by atoms with Crippen LogP contribution in [0, 0.1) is 13.8 Å². The van der Waals surface area contributed by atoms with Crippen LogP contribution < -0.4 is 4.74 Å². The van der Waals surface area contributed by atoms with Crippen molar-refractivity contribution in [2.45, 2.75) is 58.3 Å². The van der Waals surface area contributed by atoms with E-state index < -0.39 is 11.9 Å². The molecule has 0 aliphatic carbocycles. The van der Waals surface area contributed by atoms with Gasteiger partial charge in [-0.2, -0.15) is 13.2 Å². The summed E-state index contributed by atoms with van der Waals surface area (Å²) in [6.07, 6.45) is 0.845. The minimum atomic E-state index is -4.44. The Balaban J connectivity index is 0.000000266. The predicted molar refractivity (Wildman–Crippen MR) is 137 cm³/mol. The topological polar surface area (TPSA) is 54.9 Å². The molecule has 0 bridgehead atoms. The molecule has 2 atom stereocenters. The number of carbonyl (C=O) groups excluding carboxylic acids is 1. The minimum absolute atomic E-state index is 0.128. The van der Waals surface area contributed by atoms with E-state index in [1.807, 2.05) is 6.92 Å². The molecule has 2 aromatic rings. The van der Waals surface area contributed by atoms with Crippen molar-refractivity contribution in [2.75, 3.05) is 46.5 Å². The molecule has 1 aromatic heterocycles. The molecular weight excluding hydrogens is 483 g/mol. The summed E-state index contributed by atoms with van der Waals surface area (Å²) in [4.78, 5) is 18.4. The molecule has 37 heavy (non-hydrogen) atoms. The first-order valence-corrected chi connectivity index (χ1v) is 12.9. The maximum absolute atomic E-state index is 11.9. The highest BCUT2D eigenvalue weighted by Gasteiger charge is 2.35. The van der Waals surface area contributed by atoms with Crippen molar-refractivity contribution in [3.63, 3.8) is 0 Å². The van der Waals surface area contributed by atoms with Gasteiger partial charge in [-0.15, -0.1) is 0 Å². The third-order valence-electron chi connectivity index (χ3n) is 7.19. The first-order valence-electron chi connectivity index (χ1n) is 12.9. The maximum Gasteiger partial charge on any atom is 0.433 e. The van der Waals surface area contributed by atoms with Crippen molar-refractivity contribution in [2.24, 2.45) is 0 Å². The average Bonchev–Trinajstić information content (AvgIpc) is 2.88. The molecular formula is C28H38F3N3O3. The molecule has 3 heterocycles. The second-order valence-corrected chi connectivity index (χ2v) is 9.64. The largest absolute Gasteiger partial charge is 0.491 e. The molecule has 2 aliphatic rings. The fourth-order valence-electron chi connectivity index (χ4n) is 5.07. The van der Waals surface area contributed by atoms with Crippen LogP contribution in [0.1, 0.15) is 65.0 Å². The molecule has 1 aromatic carbocycles. The lowest BCUT2D eigenvalue weighted by Crippen LogP contribution is -2.54. The van der Waals surface area contributed by atoms with Crippen molar-refractivity contribution in [3.05, 3.63) is 58.4 Å². The lowest BCUT2D eigenvalue weighted by atomic mass is 9.86. The number of aromatic nitrogens is 1. The van der Waals surface area contributed by atoms with Gasteiger partial charge >= 0.3 is 6.18 Å². The number of piperazine rings is 1. The van der Waals surface area contributed by atoms with E-state index in [9.17, 15) is 18.0 Å². The number of pyridine rings is 1. The number of likely N-dealkylation sites (N-methyl/N-ethyl adjacent to an activating group) is 1. The van der Waals surface area contributed by atoms with Crippen LogP contribution in [0.25, 0.3) is 0 Å². The second kappa shape index (κ2) is 13.3. The Morgan fingerprint density at radius 1 is 1.08 bits per heavy atom. The summed E-state index contributed by atoms with van der Waals surface area (Å²) in [6, 6.07) is 7.61. The summed E-state index contributed by atoms with van der Waals surface area (Å²) in [7, 11) is 2.25. The van der Waals surface area contributed by atoms with E-state index in [1.165, 1.54) is 55.6 Å². The third kappa shape index (κ3) is 7.75. The highest BCUT2D eigenvalue weighted by atomic mass is 19.4. The summed E-state index contributed by atoms with van der Waals surface area (Å²) >= 11 is 0. The molecule has 204 valence electrons. The SMILES string of the molecule is CCOCCOc1ccc(C2CCCC3CN(C)CCN32)c(C)c1C.O=Cc1ccc(C(F)(F)F)nc1. The zero-order valence-corrected chi connectivity index (χ0v) is 22.2. The van der Waals surface area contributed by atoms with Gasteiger partial charge in [-0.3, -0.25) is 14.7 Å². The van der Waals surface area contributed by atoms with Crippen molar-refractivity contribution in [1.29, 1.82) is 0 Å². The first-order chi connectivity index (χ1) is 17.7. The third-order valence-corrected chi connectivity index (χ3v) is 7.19. The van der Waals surface area contributed by atoms with Crippen LogP contribution in [0.15, 0.2) is 30.5 Å². The fourth-order valence-corrected chi connectivity index (χ4v) is 5.07. The van der Waals surface area contributed by atoms with E-state index in [-0.39, 0.29) is 5.56 Å². The number of fused-ring (bicyclic) bond motifs is 1. The molecule has 4 rings (SSSR count). The number of benzene rings is 1. The summed E-state index contributed by atoms with van der Waals surface area (Å²) < 4.78 is 46.9. The van der Waals surface area contributed by atoms with Crippen LogP contribution in [0.3, 0.4) is 0 Å². The van der Waals surface area contributed by atoms with E-state index in [2.05, 4.69) is 47.8 Å². The van der Waals surface area contributed by atoms with Crippen molar-refractivity contribution in [1.82, 2.24) is 14.8 Å². The first kappa shape index (κ1) is 29.1. The number of ether oxygens (including phenoxy) is 2. The van der Waals surface area contributed by atoms with E-state index in [0.29, 0.717) is 25.5 Å². The maximum atomic E-state index is 11.9. The Morgan fingerprint density at radius 2 is 1.86 bits per heavy atom. The fraction of sp³-hybridized carbons (Fsp3) is 0.571. The minimum Gasteiger partial charge on any atom is -0.491 e. The molecule has 9 heteroatoms. The number of aldehydes is 1. The average molecular weight is 522 g/mol. The zero-order chi connectivity index (χ0) is 27.0. The van der Waals surface area contributed by atoms with Gasteiger partial charge in [0.1, 0.15) is 18.1 Å². The Bertz CT molecular complexity index is 1010. The van der Waals surface area contributed by atoms with E-state index in [0.717, 1.165) is 36.7 Å². The molecule has 0 spiro atoms. The van der Waals surface area contributed by atoms with Crippen LogP contribution in [-0.4, -0.2) is 73.6 Å². The summed E-state index contributed by atoms with van der Waals surface area (Å²) in [5.74, 6) is 1.01. The number of nitrogens with zero attached hydrogens (tertiary/aromatic N) is 3. The monoisotopic (exact) mass is 521 g/mol. The molecule has 2 saturated heterocycles. The Labute approximate surface area is 217 Å². The van der Waals surface area contributed by atoms with Gasteiger partial charge in [0.25, 0.3) is 0 Å². The van der Waals surface area contributed by atoms with Crippen LogP contribution in [0.5, 0.6) is 5.75 Å². The van der Waals surface area contributed by atoms with Gasteiger partial charge in [-0.05, 0) is 82.0 Å². The van der Waals surface area contributed by atoms with Gasteiger partial charge in [-0.25, -0.2) is 0 Å². The van der Waals surface area contributed by atoms with Gasteiger partial charge in [-0.1, -0.05) is 6.07 Å². The van der Waals surface area contributed by atoms with Crippen LogP contribution in [0.2, 0.25) is 0 Å². The normalized spacial score (nSPS) is 20.5. The second-order valence-electron chi connectivity index (χ2n) is 9.64. The van der Waals surface area contributed by atoms with Crippen molar-refractivity contribution < 1.29 is 27.4 Å². The van der Waals surface area contributed by atoms with Gasteiger partial charge in [0.2, 0.25) is 0 Å². The van der Waals surface area contributed by atoms with E-state index in [4.69, 9.17) is 9.47 Å². The molecule has 2 aliphatic heterocycles. The highest BCUT2D eigenvalue weighted by molar-refractivity contribution is 5.73. The predicted octanol–water partition coefficient (Wildman–Crippen LogP) is 5.47. The number of alkyl halides is 3. The summed E-state index contributed by atoms with van der Waals surface area (Å²) in [5.41, 5.74) is 3.32. The molecule has 2 unspecified atom stereocenters. The molecule has 6 nitrogen and oxygen atoms in total. The molecule has 2 fully saturated rings. The molecule has 0 amide bonds. The van der Waals surface area contributed by atoms with Crippen molar-refractivity contribution in [3.8, 4) is 5.75 Å². The quantitative estimate of drug-likeness (QED) is 0.356. The van der Waals surface area contributed by atoms with E-state index in [1.54, 1.807) is 0 Å². The summed E-state index contributed by atoms with van der Waals surface area (Å²) in [5, 5.41) is 0. The summed E-state index contributed by atoms with van der Waals surface area (Å²) in [6.45, 7) is 12.1. The zero-order valence-electron chi connectivity index (χ0n) is 22.2. The molecule has 0 N–H and O–H groups in total. The standard InChI is InChI=1S/C21H34N2O2.C7H4F3NO/c1-5-24-13-14-25-21-10-9-19(16(2)17(21)3)20-8-6-7-18-15-22(4)11-12-23(18)20;8-7(9,10)6-2-1-5(4-12)3-11-6/h9-10,18,20H,5-8,11-15H2,1-4H3;1-4H. The van der Waals surface area contributed by atoms with Crippen LogP contribution in [-0.2, 0) is 10.9 Å². The number of halogens is 3. The van der Waals surface area contributed by atoms with Gasteiger partial charge in [0.05, 0.1) is 6.61 Å². The lowest BCUT2D eigenvalue weighted by molar-refractivity contribution is -0.141.